The normalized spacial score (nSPS) is 16.4. The Morgan fingerprint density at radius 3 is 2.47 bits per heavy atom. The lowest BCUT2D eigenvalue weighted by Crippen LogP contribution is -2.43. The van der Waals surface area contributed by atoms with Crippen LogP contribution in [0.3, 0.4) is 0 Å². The first kappa shape index (κ1) is 28.0. The van der Waals surface area contributed by atoms with E-state index < -0.39 is 17.7 Å². The van der Waals surface area contributed by atoms with Gasteiger partial charge in [0.25, 0.3) is 0 Å². The molecule has 1 atom stereocenters. The Morgan fingerprint density at radius 1 is 1.13 bits per heavy atom. The van der Waals surface area contributed by atoms with Gasteiger partial charge in [-0.25, -0.2) is 8.78 Å². The van der Waals surface area contributed by atoms with Crippen LogP contribution in [0, 0.1) is 17.0 Å². The molecule has 1 aliphatic heterocycles. The number of ether oxygens (including phenoxy) is 1. The number of aliphatic hydroxyl groups is 2. The van der Waals surface area contributed by atoms with Crippen molar-refractivity contribution in [1.82, 2.24) is 9.88 Å². The molecule has 0 aliphatic carbocycles. The van der Waals surface area contributed by atoms with Crippen molar-refractivity contribution >= 4 is 22.3 Å². The molecule has 9 heteroatoms. The van der Waals surface area contributed by atoms with E-state index in [1.54, 1.807) is 13.3 Å². The van der Waals surface area contributed by atoms with Gasteiger partial charge in [-0.05, 0) is 74.5 Å². The van der Waals surface area contributed by atoms with E-state index in [1.165, 1.54) is 12.1 Å². The van der Waals surface area contributed by atoms with Crippen molar-refractivity contribution in [2.75, 3.05) is 64.2 Å². The Hall–Kier alpha value is -3.01. The lowest BCUT2D eigenvalue weighted by Gasteiger charge is -2.41. The van der Waals surface area contributed by atoms with Gasteiger partial charge in [-0.2, -0.15) is 0 Å². The SMILES string of the molecule is COc1ccc2ncc(N(C)C)c([C@@H](O)CCC3(CO)CCN(CCNc4cc(F)cc(F)c4)CC3)c2c1. The minimum Gasteiger partial charge on any atom is -0.497 e. The number of fused-ring (bicyclic) bond motifs is 1. The molecule has 0 amide bonds. The van der Waals surface area contributed by atoms with Crippen molar-refractivity contribution in [2.45, 2.75) is 31.8 Å². The predicted molar refractivity (Wildman–Crippen MR) is 147 cm³/mol. The summed E-state index contributed by atoms with van der Waals surface area (Å²) >= 11 is 0. The smallest absolute Gasteiger partial charge is 0.128 e. The molecule has 206 valence electrons. The molecule has 1 saturated heterocycles. The lowest BCUT2D eigenvalue weighted by molar-refractivity contribution is 0.0248. The third-order valence-electron chi connectivity index (χ3n) is 7.73. The highest BCUT2D eigenvalue weighted by molar-refractivity contribution is 5.88. The molecule has 1 fully saturated rings. The molecule has 0 unspecified atom stereocenters. The van der Waals surface area contributed by atoms with Gasteiger partial charge in [-0.15, -0.1) is 0 Å². The highest BCUT2D eigenvalue weighted by Crippen LogP contribution is 2.41. The molecule has 3 N–H and O–H groups in total. The van der Waals surface area contributed by atoms with Crippen LogP contribution in [0.1, 0.15) is 37.4 Å². The molecule has 7 nitrogen and oxygen atoms in total. The third kappa shape index (κ3) is 6.51. The number of hydrogen-bond donors (Lipinski definition) is 3. The van der Waals surface area contributed by atoms with E-state index in [4.69, 9.17) is 4.74 Å². The van der Waals surface area contributed by atoms with Crippen LogP contribution in [-0.4, -0.2) is 74.1 Å². The lowest BCUT2D eigenvalue weighted by atomic mass is 9.74. The zero-order valence-corrected chi connectivity index (χ0v) is 22.4. The first-order valence-electron chi connectivity index (χ1n) is 13.1. The molecular weight excluding hydrogens is 490 g/mol. The van der Waals surface area contributed by atoms with E-state index in [1.807, 2.05) is 37.2 Å². The molecule has 0 spiro atoms. The first-order valence-corrected chi connectivity index (χ1v) is 13.1. The van der Waals surface area contributed by atoms with Crippen LogP contribution >= 0.6 is 0 Å². The first-order chi connectivity index (χ1) is 18.2. The summed E-state index contributed by atoms with van der Waals surface area (Å²) in [6, 6.07) is 9.10. The van der Waals surface area contributed by atoms with Crippen LogP contribution in [0.15, 0.2) is 42.6 Å². The fraction of sp³-hybridized carbons (Fsp3) is 0.483. The number of pyridine rings is 1. The van der Waals surface area contributed by atoms with Gasteiger partial charge in [0, 0.05) is 56.5 Å². The van der Waals surface area contributed by atoms with Crippen LogP contribution in [0.25, 0.3) is 10.9 Å². The number of aromatic nitrogens is 1. The molecular formula is C29H38F2N4O3. The summed E-state index contributed by atoms with van der Waals surface area (Å²) in [7, 11) is 5.49. The Bertz CT molecular complexity index is 1210. The maximum Gasteiger partial charge on any atom is 0.128 e. The summed E-state index contributed by atoms with van der Waals surface area (Å²) in [5, 5.41) is 25.7. The standard InChI is InChI=1S/C29H38F2N4O3/c1-34(2)26-18-33-25-5-4-23(38-3)17-24(25)28(26)27(37)6-7-29(19-36)8-11-35(12-9-29)13-10-32-22-15-20(30)14-21(31)16-22/h4-5,14-18,27,32,36-37H,6-13,19H2,1-3H3/t27-/m0/s1. The van der Waals surface area contributed by atoms with E-state index >= 15 is 0 Å². The molecule has 0 saturated carbocycles. The average Bonchev–Trinajstić information content (AvgIpc) is 2.91. The predicted octanol–water partition coefficient (Wildman–Crippen LogP) is 4.59. The quantitative estimate of drug-likeness (QED) is 0.336. The summed E-state index contributed by atoms with van der Waals surface area (Å²) in [6.07, 6.45) is 3.92. The van der Waals surface area contributed by atoms with Crippen LogP contribution in [0.5, 0.6) is 5.75 Å². The second-order valence-corrected chi connectivity index (χ2v) is 10.5. The van der Waals surface area contributed by atoms with Crippen LogP contribution < -0.4 is 15.0 Å². The second-order valence-electron chi connectivity index (χ2n) is 10.5. The van der Waals surface area contributed by atoms with E-state index in [0.717, 1.165) is 60.7 Å². The number of methoxy groups -OCH3 is 1. The van der Waals surface area contributed by atoms with Gasteiger partial charge in [0.2, 0.25) is 0 Å². The molecule has 38 heavy (non-hydrogen) atoms. The zero-order valence-electron chi connectivity index (χ0n) is 22.4. The van der Waals surface area contributed by atoms with Crippen LogP contribution in [0.2, 0.25) is 0 Å². The number of likely N-dealkylation sites (tertiary alicyclic amines) is 1. The molecule has 2 heterocycles. The van der Waals surface area contributed by atoms with E-state index in [0.29, 0.717) is 30.8 Å². The minimum atomic E-state index is -0.720. The summed E-state index contributed by atoms with van der Waals surface area (Å²) in [6.45, 7) is 3.00. The molecule has 3 aromatic rings. The number of halogens is 2. The van der Waals surface area contributed by atoms with Gasteiger partial charge in [0.15, 0.2) is 0 Å². The molecule has 4 rings (SSSR count). The fourth-order valence-electron chi connectivity index (χ4n) is 5.35. The van der Waals surface area contributed by atoms with E-state index in [9.17, 15) is 19.0 Å². The molecule has 0 radical (unpaired) electrons. The zero-order chi connectivity index (χ0) is 27.3. The van der Waals surface area contributed by atoms with Crippen molar-refractivity contribution in [3.8, 4) is 5.75 Å². The number of nitrogens with zero attached hydrogens (tertiary/aromatic N) is 3. The Balaban J connectivity index is 1.37. The van der Waals surface area contributed by atoms with Crippen molar-refractivity contribution in [3.63, 3.8) is 0 Å². The van der Waals surface area contributed by atoms with Gasteiger partial charge in [0.05, 0.1) is 30.6 Å². The largest absolute Gasteiger partial charge is 0.497 e. The fourth-order valence-corrected chi connectivity index (χ4v) is 5.35. The second kappa shape index (κ2) is 12.2. The van der Waals surface area contributed by atoms with Gasteiger partial charge < -0.3 is 30.1 Å². The van der Waals surface area contributed by atoms with Gasteiger partial charge in [0.1, 0.15) is 17.4 Å². The molecule has 1 aromatic heterocycles. The number of rotatable bonds is 11. The Morgan fingerprint density at radius 2 is 1.84 bits per heavy atom. The van der Waals surface area contributed by atoms with Crippen LogP contribution in [0.4, 0.5) is 20.2 Å². The Kier molecular flexibility index (Phi) is 9.02. The minimum absolute atomic E-state index is 0.0693. The summed E-state index contributed by atoms with van der Waals surface area (Å²) in [4.78, 5) is 8.81. The van der Waals surface area contributed by atoms with Gasteiger partial charge >= 0.3 is 0 Å². The maximum atomic E-state index is 13.4. The monoisotopic (exact) mass is 528 g/mol. The highest BCUT2D eigenvalue weighted by Gasteiger charge is 2.34. The summed E-state index contributed by atoms with van der Waals surface area (Å²) in [5.74, 6) is -0.492. The molecule has 0 bridgehead atoms. The number of anilines is 2. The van der Waals surface area contributed by atoms with Gasteiger partial charge in [-0.3, -0.25) is 4.98 Å². The molecule has 1 aliphatic rings. The average molecular weight is 529 g/mol. The van der Waals surface area contributed by atoms with Crippen molar-refractivity contribution in [3.05, 3.63) is 59.8 Å². The number of piperidine rings is 1. The molecule has 2 aromatic carbocycles. The van der Waals surface area contributed by atoms with Crippen molar-refractivity contribution in [2.24, 2.45) is 5.41 Å². The highest BCUT2D eigenvalue weighted by atomic mass is 19.1. The van der Waals surface area contributed by atoms with Crippen molar-refractivity contribution < 1.29 is 23.7 Å². The topological polar surface area (TPSA) is 81.1 Å². The van der Waals surface area contributed by atoms with Crippen LogP contribution in [-0.2, 0) is 0 Å². The van der Waals surface area contributed by atoms with Gasteiger partial charge in [-0.1, -0.05) is 0 Å². The van der Waals surface area contributed by atoms with Crippen molar-refractivity contribution in [1.29, 1.82) is 0 Å². The number of nitrogens with one attached hydrogen (secondary N) is 1. The number of hydrogen-bond acceptors (Lipinski definition) is 7. The third-order valence-corrected chi connectivity index (χ3v) is 7.73. The van der Waals surface area contributed by atoms with E-state index in [2.05, 4.69) is 15.2 Å². The van der Waals surface area contributed by atoms with E-state index in [-0.39, 0.29) is 12.0 Å². The maximum absolute atomic E-state index is 13.4. The Labute approximate surface area is 223 Å². The number of aliphatic hydroxyl groups excluding tert-OH is 2. The number of benzene rings is 2. The summed E-state index contributed by atoms with van der Waals surface area (Å²) < 4.78 is 32.2. The summed E-state index contributed by atoms with van der Waals surface area (Å²) in [5.41, 5.74) is 2.65.